The molecule has 0 amide bonds. The molecular weight excluding hydrogens is 396 g/mol. The summed E-state index contributed by atoms with van der Waals surface area (Å²) in [6.07, 6.45) is 0. The lowest BCUT2D eigenvalue weighted by Crippen LogP contribution is -2.12. The van der Waals surface area contributed by atoms with Gasteiger partial charge in [0.25, 0.3) is 0 Å². The molecule has 6 heteroatoms. The number of halogens is 1. The van der Waals surface area contributed by atoms with E-state index in [0.29, 0.717) is 17.3 Å². The van der Waals surface area contributed by atoms with Gasteiger partial charge in [-0.15, -0.1) is 0 Å². The lowest BCUT2D eigenvalue weighted by molar-refractivity contribution is -0.136. The van der Waals surface area contributed by atoms with Crippen molar-refractivity contribution in [3.05, 3.63) is 95.0 Å². The molecule has 0 radical (unpaired) electrons. The van der Waals surface area contributed by atoms with Crippen molar-refractivity contribution in [1.29, 1.82) is 0 Å². The van der Waals surface area contributed by atoms with Crippen LogP contribution in [0.3, 0.4) is 0 Å². The molecule has 3 aromatic rings. The molecule has 3 rings (SSSR count). The summed E-state index contributed by atoms with van der Waals surface area (Å²) in [5.74, 6) is -1.16. The second-order valence-electron chi connectivity index (χ2n) is 5.96. The lowest BCUT2D eigenvalue weighted by Gasteiger charge is -2.14. The van der Waals surface area contributed by atoms with Crippen LogP contribution < -0.4 is 0 Å². The number of ether oxygens (including phenoxy) is 1. The van der Waals surface area contributed by atoms with Gasteiger partial charge >= 0.3 is 11.3 Å². The molecule has 28 heavy (non-hydrogen) atoms. The van der Waals surface area contributed by atoms with Gasteiger partial charge in [0.15, 0.2) is 0 Å². The van der Waals surface area contributed by atoms with Gasteiger partial charge in [-0.2, -0.15) is 0 Å². The number of thioether (sulfide) groups is 1. The maximum absolute atomic E-state index is 12.1. The van der Waals surface area contributed by atoms with E-state index >= 15 is 0 Å². The molecule has 0 heterocycles. The average Bonchev–Trinajstić information content (AvgIpc) is 2.72. The number of carboxylic acids is 1. The Balaban J connectivity index is 1.73. The minimum Gasteiger partial charge on any atom is -0.480 e. The summed E-state index contributed by atoms with van der Waals surface area (Å²) in [6.45, 7) is 0.0830. The van der Waals surface area contributed by atoms with Crippen LogP contribution in [0.1, 0.15) is 16.4 Å². The number of carbonyl (C=O) groups excluding carboxylic acids is 1. The van der Waals surface area contributed by atoms with Gasteiger partial charge in [-0.1, -0.05) is 84.4 Å². The summed E-state index contributed by atoms with van der Waals surface area (Å²) in [7, 11) is 0. The van der Waals surface area contributed by atoms with Crippen molar-refractivity contribution in [2.24, 2.45) is 0 Å². The molecule has 1 N–H and O–H groups in total. The van der Waals surface area contributed by atoms with Crippen LogP contribution in [0.2, 0.25) is 5.02 Å². The first-order chi connectivity index (χ1) is 13.5. The van der Waals surface area contributed by atoms with E-state index in [9.17, 15) is 14.7 Å². The average molecular weight is 413 g/mol. The van der Waals surface area contributed by atoms with Crippen molar-refractivity contribution in [3.63, 3.8) is 0 Å². The molecule has 0 aliphatic carbocycles. The highest BCUT2D eigenvalue weighted by Crippen LogP contribution is 2.37. The predicted octanol–water partition coefficient (Wildman–Crippen LogP) is 6.20. The lowest BCUT2D eigenvalue weighted by atomic mass is 10.0. The maximum atomic E-state index is 12.1. The summed E-state index contributed by atoms with van der Waals surface area (Å²) >= 11 is 6.94. The topological polar surface area (TPSA) is 63.6 Å². The Hall–Kier alpha value is -2.76. The van der Waals surface area contributed by atoms with Gasteiger partial charge in [0, 0.05) is 5.02 Å². The molecule has 142 valence electrons. The fraction of sp³-hybridized carbons (Fsp3) is 0.0909. The van der Waals surface area contributed by atoms with Crippen LogP contribution in [0.15, 0.2) is 78.9 Å². The van der Waals surface area contributed by atoms with Crippen LogP contribution in [-0.2, 0) is 16.1 Å². The molecule has 0 aliphatic rings. The van der Waals surface area contributed by atoms with Crippen molar-refractivity contribution < 1.29 is 19.4 Å². The minimum absolute atomic E-state index is 0.0830. The van der Waals surface area contributed by atoms with Crippen LogP contribution in [-0.4, -0.2) is 16.4 Å². The molecular formula is C22H17ClO4S. The van der Waals surface area contributed by atoms with E-state index in [4.69, 9.17) is 16.3 Å². The Kier molecular flexibility index (Phi) is 6.74. The summed E-state index contributed by atoms with van der Waals surface area (Å²) in [5, 5.41) is 8.05. The minimum atomic E-state index is -1.16. The van der Waals surface area contributed by atoms with Crippen LogP contribution in [0.5, 0.6) is 0 Å². The number of hydrogen-bond acceptors (Lipinski definition) is 4. The monoisotopic (exact) mass is 412 g/mol. The van der Waals surface area contributed by atoms with Gasteiger partial charge in [-0.3, -0.25) is 4.79 Å². The van der Waals surface area contributed by atoms with Crippen LogP contribution in [0.4, 0.5) is 4.79 Å². The summed E-state index contributed by atoms with van der Waals surface area (Å²) in [6, 6.07) is 23.9. The smallest absolute Gasteiger partial charge is 0.368 e. The number of carbonyl (C=O) groups is 2. The van der Waals surface area contributed by atoms with E-state index in [1.54, 1.807) is 18.2 Å². The zero-order valence-electron chi connectivity index (χ0n) is 14.7. The van der Waals surface area contributed by atoms with Gasteiger partial charge in [0.05, 0.1) is 0 Å². The summed E-state index contributed by atoms with van der Waals surface area (Å²) in [5.41, 5.74) is 3.02. The third-order valence-electron chi connectivity index (χ3n) is 4.03. The van der Waals surface area contributed by atoms with Crippen LogP contribution in [0.25, 0.3) is 11.1 Å². The zero-order chi connectivity index (χ0) is 19.9. The van der Waals surface area contributed by atoms with Crippen molar-refractivity contribution in [2.75, 3.05) is 0 Å². The van der Waals surface area contributed by atoms with E-state index in [2.05, 4.69) is 0 Å². The molecule has 0 fully saturated rings. The number of hydrogen-bond donors (Lipinski definition) is 1. The Morgan fingerprint density at radius 3 is 2.18 bits per heavy atom. The Bertz CT molecular complexity index is 961. The van der Waals surface area contributed by atoms with Gasteiger partial charge in [0.2, 0.25) is 0 Å². The number of benzene rings is 3. The molecule has 3 aromatic carbocycles. The fourth-order valence-electron chi connectivity index (χ4n) is 2.64. The molecule has 0 saturated heterocycles. The highest BCUT2D eigenvalue weighted by molar-refractivity contribution is 8.14. The fourth-order valence-corrected chi connectivity index (χ4v) is 3.75. The van der Waals surface area contributed by atoms with Gasteiger partial charge in [0.1, 0.15) is 11.9 Å². The van der Waals surface area contributed by atoms with E-state index in [1.165, 1.54) is 0 Å². The number of rotatable bonds is 6. The third kappa shape index (κ3) is 5.15. The first-order valence-corrected chi connectivity index (χ1v) is 9.75. The Morgan fingerprint density at radius 1 is 0.929 bits per heavy atom. The van der Waals surface area contributed by atoms with Crippen molar-refractivity contribution in [3.8, 4) is 11.1 Å². The molecule has 0 aliphatic heterocycles. The SMILES string of the molecule is O=C(OCc1ccccc1)SC(C(=O)O)c1ccc(-c2ccccc2)cc1Cl. The van der Waals surface area contributed by atoms with E-state index in [1.807, 2.05) is 60.7 Å². The number of carboxylic acid groups (broad SMARTS) is 1. The normalized spacial score (nSPS) is 11.6. The molecule has 0 aromatic heterocycles. The first-order valence-electron chi connectivity index (χ1n) is 8.49. The van der Waals surface area contributed by atoms with Crippen LogP contribution >= 0.6 is 23.4 Å². The van der Waals surface area contributed by atoms with Crippen molar-refractivity contribution in [1.82, 2.24) is 0 Å². The van der Waals surface area contributed by atoms with Crippen LogP contribution in [0, 0.1) is 0 Å². The highest BCUT2D eigenvalue weighted by Gasteiger charge is 2.27. The second-order valence-corrected chi connectivity index (χ2v) is 7.41. The van der Waals surface area contributed by atoms with Crippen molar-refractivity contribution in [2.45, 2.75) is 11.9 Å². The predicted molar refractivity (Wildman–Crippen MR) is 111 cm³/mol. The quantitative estimate of drug-likeness (QED) is 0.488. The number of aliphatic carboxylic acids is 1. The molecule has 1 unspecified atom stereocenters. The molecule has 0 saturated carbocycles. The zero-order valence-corrected chi connectivity index (χ0v) is 16.3. The van der Waals surface area contributed by atoms with Gasteiger partial charge in [-0.25, -0.2) is 4.79 Å². The molecule has 1 atom stereocenters. The maximum Gasteiger partial charge on any atom is 0.368 e. The van der Waals surface area contributed by atoms with E-state index in [0.717, 1.165) is 16.7 Å². The largest absolute Gasteiger partial charge is 0.480 e. The molecule has 4 nitrogen and oxygen atoms in total. The van der Waals surface area contributed by atoms with Gasteiger partial charge in [-0.05, 0) is 40.1 Å². The molecule has 0 spiro atoms. The van der Waals surface area contributed by atoms with Crippen molar-refractivity contribution >= 4 is 34.6 Å². The Morgan fingerprint density at radius 2 is 1.57 bits per heavy atom. The highest BCUT2D eigenvalue weighted by atomic mass is 35.5. The van der Waals surface area contributed by atoms with Gasteiger partial charge < -0.3 is 9.84 Å². The first kappa shape index (κ1) is 20.0. The van der Waals surface area contributed by atoms with E-state index < -0.39 is 16.5 Å². The summed E-state index contributed by atoms with van der Waals surface area (Å²) < 4.78 is 5.18. The summed E-state index contributed by atoms with van der Waals surface area (Å²) in [4.78, 5) is 23.9. The second kappa shape index (κ2) is 9.44. The standard InChI is InChI=1S/C22H17ClO4S/c23-19-13-17(16-9-5-2-6-10-16)11-12-18(19)20(21(24)25)28-22(26)27-14-15-7-3-1-4-8-15/h1-13,20H,14H2,(H,24,25). The molecule has 0 bridgehead atoms. The van der Waals surface area contributed by atoms with E-state index in [-0.39, 0.29) is 11.6 Å². The Labute approximate surface area is 172 Å². The third-order valence-corrected chi connectivity index (χ3v) is 5.36.